The standard InChI is InChI=1S/C20H26N2O2/c1-13-14(2)19(23)24-20(3)11-16(9-10-17(13)20)22-12-15-7-5-6-8-18(15)21-4/h5-10,13-14,21-22H,11-12H2,1-4H3. The lowest BCUT2D eigenvalue weighted by Gasteiger charge is -2.44. The maximum absolute atomic E-state index is 12.1. The molecule has 2 aliphatic rings. The molecule has 0 aromatic heterocycles. The number of nitrogens with one attached hydrogen (secondary N) is 2. The Bertz CT molecular complexity index is 707. The Morgan fingerprint density at radius 1 is 1.21 bits per heavy atom. The number of para-hydroxylation sites is 1. The Labute approximate surface area is 144 Å². The van der Waals surface area contributed by atoms with Gasteiger partial charge in [0, 0.05) is 31.4 Å². The molecule has 1 aliphatic heterocycles. The van der Waals surface area contributed by atoms with Gasteiger partial charge >= 0.3 is 5.97 Å². The van der Waals surface area contributed by atoms with Crippen molar-refractivity contribution >= 4 is 11.7 Å². The first kappa shape index (κ1) is 16.6. The van der Waals surface area contributed by atoms with Crippen LogP contribution in [0.15, 0.2) is 47.7 Å². The van der Waals surface area contributed by atoms with Gasteiger partial charge in [-0.2, -0.15) is 0 Å². The highest BCUT2D eigenvalue weighted by Crippen LogP contribution is 2.43. The predicted octanol–water partition coefficient (Wildman–Crippen LogP) is 3.62. The highest BCUT2D eigenvalue weighted by atomic mass is 16.6. The summed E-state index contributed by atoms with van der Waals surface area (Å²) in [6, 6.07) is 8.24. The monoisotopic (exact) mass is 326 g/mol. The van der Waals surface area contributed by atoms with E-state index in [1.165, 1.54) is 11.1 Å². The van der Waals surface area contributed by atoms with Gasteiger partial charge in [0.15, 0.2) is 0 Å². The molecule has 4 nitrogen and oxygen atoms in total. The van der Waals surface area contributed by atoms with Gasteiger partial charge in [0.1, 0.15) is 5.60 Å². The number of ether oxygens (including phenoxy) is 1. The summed E-state index contributed by atoms with van der Waals surface area (Å²) in [4.78, 5) is 12.1. The average molecular weight is 326 g/mol. The van der Waals surface area contributed by atoms with Crippen LogP contribution in [0.25, 0.3) is 0 Å². The second kappa shape index (κ2) is 6.34. The van der Waals surface area contributed by atoms with Gasteiger partial charge in [-0.25, -0.2) is 0 Å². The minimum absolute atomic E-state index is 0.0743. The number of rotatable bonds is 4. The smallest absolute Gasteiger partial charge is 0.310 e. The maximum Gasteiger partial charge on any atom is 0.310 e. The molecule has 1 aliphatic carbocycles. The second-order valence-electron chi connectivity index (χ2n) is 6.98. The summed E-state index contributed by atoms with van der Waals surface area (Å²) in [5.41, 5.74) is 4.12. The van der Waals surface area contributed by atoms with Crippen molar-refractivity contribution in [3.63, 3.8) is 0 Å². The summed E-state index contributed by atoms with van der Waals surface area (Å²) in [5.74, 6) is 0.0535. The summed E-state index contributed by atoms with van der Waals surface area (Å²) >= 11 is 0. The van der Waals surface area contributed by atoms with Gasteiger partial charge in [0.2, 0.25) is 0 Å². The van der Waals surface area contributed by atoms with Crippen molar-refractivity contribution in [3.05, 3.63) is 53.3 Å². The zero-order valence-corrected chi connectivity index (χ0v) is 14.8. The van der Waals surface area contributed by atoms with Crippen molar-refractivity contribution in [2.24, 2.45) is 11.8 Å². The van der Waals surface area contributed by atoms with Crippen LogP contribution in [0.2, 0.25) is 0 Å². The minimum Gasteiger partial charge on any atom is -0.454 e. The molecule has 0 amide bonds. The first-order chi connectivity index (χ1) is 11.4. The van der Waals surface area contributed by atoms with Crippen LogP contribution >= 0.6 is 0 Å². The molecule has 1 aromatic carbocycles. The quantitative estimate of drug-likeness (QED) is 0.830. The zero-order valence-electron chi connectivity index (χ0n) is 14.8. The fraction of sp³-hybridized carbons (Fsp3) is 0.450. The Hall–Kier alpha value is -2.23. The van der Waals surface area contributed by atoms with Crippen molar-refractivity contribution in [1.82, 2.24) is 5.32 Å². The van der Waals surface area contributed by atoms with Gasteiger partial charge in [0.05, 0.1) is 5.92 Å². The SMILES string of the molecule is CNc1ccccc1CNC1=CC=C2C(C)C(C)C(=O)OC2(C)C1. The number of hydrogen-bond acceptors (Lipinski definition) is 4. The van der Waals surface area contributed by atoms with E-state index < -0.39 is 5.60 Å². The van der Waals surface area contributed by atoms with Crippen molar-refractivity contribution < 1.29 is 9.53 Å². The lowest BCUT2D eigenvalue weighted by atomic mass is 9.73. The number of benzene rings is 1. The molecule has 1 fully saturated rings. The van der Waals surface area contributed by atoms with E-state index in [0.717, 1.165) is 17.9 Å². The number of hydrogen-bond donors (Lipinski definition) is 2. The number of allylic oxidation sites excluding steroid dienone is 2. The molecular weight excluding hydrogens is 300 g/mol. The third kappa shape index (κ3) is 2.93. The normalized spacial score (nSPS) is 29.1. The van der Waals surface area contributed by atoms with E-state index >= 15 is 0 Å². The van der Waals surface area contributed by atoms with Crippen LogP contribution in [0.1, 0.15) is 32.8 Å². The fourth-order valence-corrected chi connectivity index (χ4v) is 3.66. The Kier molecular flexibility index (Phi) is 4.39. The number of carbonyl (C=O) groups excluding carboxylic acids is 1. The second-order valence-corrected chi connectivity index (χ2v) is 6.98. The third-order valence-electron chi connectivity index (χ3n) is 5.33. The highest BCUT2D eigenvalue weighted by molar-refractivity contribution is 5.76. The van der Waals surface area contributed by atoms with Crippen LogP contribution in [-0.4, -0.2) is 18.6 Å². The average Bonchev–Trinajstić information content (AvgIpc) is 2.57. The van der Waals surface area contributed by atoms with E-state index in [9.17, 15) is 4.79 Å². The third-order valence-corrected chi connectivity index (χ3v) is 5.33. The van der Waals surface area contributed by atoms with Crippen LogP contribution in [0, 0.1) is 11.8 Å². The van der Waals surface area contributed by atoms with E-state index in [-0.39, 0.29) is 17.8 Å². The molecule has 0 bridgehead atoms. The molecule has 128 valence electrons. The number of carbonyl (C=O) groups is 1. The van der Waals surface area contributed by atoms with Crippen LogP contribution < -0.4 is 10.6 Å². The van der Waals surface area contributed by atoms with E-state index in [1.54, 1.807) is 0 Å². The number of anilines is 1. The van der Waals surface area contributed by atoms with E-state index in [1.807, 2.05) is 33.0 Å². The van der Waals surface area contributed by atoms with Gasteiger partial charge in [0.25, 0.3) is 0 Å². The van der Waals surface area contributed by atoms with Gasteiger partial charge in [-0.05, 0) is 36.1 Å². The molecule has 0 spiro atoms. The highest BCUT2D eigenvalue weighted by Gasteiger charge is 2.46. The molecule has 4 heteroatoms. The number of esters is 1. The van der Waals surface area contributed by atoms with Crippen molar-refractivity contribution in [3.8, 4) is 0 Å². The molecule has 24 heavy (non-hydrogen) atoms. The largest absolute Gasteiger partial charge is 0.454 e. The lowest BCUT2D eigenvalue weighted by molar-refractivity contribution is -0.167. The summed E-state index contributed by atoms with van der Waals surface area (Å²) in [6.45, 7) is 6.82. The molecule has 2 N–H and O–H groups in total. The molecule has 0 saturated carbocycles. The lowest BCUT2D eigenvalue weighted by Crippen LogP contribution is -2.47. The zero-order chi connectivity index (χ0) is 17.3. The summed E-state index contributed by atoms with van der Waals surface area (Å²) in [6.07, 6.45) is 4.95. The molecular formula is C20H26N2O2. The molecule has 1 aromatic rings. The van der Waals surface area contributed by atoms with Crippen molar-refractivity contribution in [1.29, 1.82) is 0 Å². The van der Waals surface area contributed by atoms with Gasteiger partial charge < -0.3 is 15.4 Å². The van der Waals surface area contributed by atoms with Crippen LogP contribution in [-0.2, 0) is 16.1 Å². The minimum atomic E-state index is -0.525. The molecule has 3 atom stereocenters. The first-order valence-electron chi connectivity index (χ1n) is 8.58. The summed E-state index contributed by atoms with van der Waals surface area (Å²) in [5, 5.41) is 6.71. The Balaban J connectivity index is 1.76. The van der Waals surface area contributed by atoms with E-state index in [0.29, 0.717) is 6.42 Å². The molecule has 0 radical (unpaired) electrons. The molecule has 3 rings (SSSR count). The number of fused-ring (bicyclic) bond motifs is 1. The molecule has 1 saturated heterocycles. The Morgan fingerprint density at radius 2 is 1.96 bits per heavy atom. The molecule has 3 unspecified atom stereocenters. The van der Waals surface area contributed by atoms with Crippen molar-refractivity contribution in [2.45, 2.75) is 39.3 Å². The summed E-state index contributed by atoms with van der Waals surface area (Å²) in [7, 11) is 1.93. The topological polar surface area (TPSA) is 50.4 Å². The van der Waals surface area contributed by atoms with E-state index in [4.69, 9.17) is 4.74 Å². The van der Waals surface area contributed by atoms with Gasteiger partial charge in [-0.3, -0.25) is 4.79 Å². The molecule has 1 heterocycles. The fourth-order valence-electron chi connectivity index (χ4n) is 3.66. The summed E-state index contributed by atoms with van der Waals surface area (Å²) < 4.78 is 5.79. The van der Waals surface area contributed by atoms with Crippen LogP contribution in [0.3, 0.4) is 0 Å². The first-order valence-corrected chi connectivity index (χ1v) is 8.58. The van der Waals surface area contributed by atoms with Crippen molar-refractivity contribution in [2.75, 3.05) is 12.4 Å². The maximum atomic E-state index is 12.1. The van der Waals surface area contributed by atoms with Gasteiger partial charge in [-0.15, -0.1) is 0 Å². The van der Waals surface area contributed by atoms with Crippen LogP contribution in [0.5, 0.6) is 0 Å². The Morgan fingerprint density at radius 3 is 2.71 bits per heavy atom. The predicted molar refractivity (Wildman–Crippen MR) is 96.4 cm³/mol. The van der Waals surface area contributed by atoms with E-state index in [2.05, 4.69) is 41.8 Å². The van der Waals surface area contributed by atoms with Gasteiger partial charge in [-0.1, -0.05) is 38.1 Å². The van der Waals surface area contributed by atoms with Crippen LogP contribution in [0.4, 0.5) is 5.69 Å².